The molecule has 0 aliphatic rings. The van der Waals surface area contributed by atoms with Crippen molar-refractivity contribution in [2.45, 2.75) is 6.92 Å². The van der Waals surface area contributed by atoms with Crippen LogP contribution in [-0.2, 0) is 4.79 Å². The van der Waals surface area contributed by atoms with E-state index in [0.717, 1.165) is 22.2 Å². The average molecular weight is 295 g/mol. The number of fused-ring (bicyclic) bond motifs is 1. The maximum Gasteiger partial charge on any atom is 0.223 e. The molecule has 110 valence electrons. The van der Waals surface area contributed by atoms with Crippen LogP contribution in [-0.4, -0.2) is 22.9 Å². The van der Waals surface area contributed by atoms with Crippen molar-refractivity contribution in [3.05, 3.63) is 54.6 Å². The standard InChI is InChI=1S/C17H14FN3O/c1-11(22)21(2)14-6-3-12-4-7-15(20-16(12)9-14)13-5-8-17(18)19-10-13/h3-10H,1-2H3. The minimum Gasteiger partial charge on any atom is -0.316 e. The quantitative estimate of drug-likeness (QED) is 0.681. The van der Waals surface area contributed by atoms with Crippen molar-refractivity contribution in [2.24, 2.45) is 0 Å². The minimum absolute atomic E-state index is 0.0433. The molecule has 0 unspecified atom stereocenters. The summed E-state index contributed by atoms with van der Waals surface area (Å²) in [5.41, 5.74) is 3.01. The Morgan fingerprint density at radius 3 is 2.59 bits per heavy atom. The highest BCUT2D eigenvalue weighted by molar-refractivity contribution is 5.94. The maximum absolute atomic E-state index is 12.9. The molecule has 1 aromatic carbocycles. The average Bonchev–Trinajstić information content (AvgIpc) is 2.53. The van der Waals surface area contributed by atoms with Crippen LogP contribution in [0.4, 0.5) is 10.1 Å². The number of rotatable bonds is 2. The van der Waals surface area contributed by atoms with E-state index in [-0.39, 0.29) is 5.91 Å². The molecule has 1 amide bonds. The summed E-state index contributed by atoms with van der Waals surface area (Å²) < 4.78 is 12.9. The fourth-order valence-electron chi connectivity index (χ4n) is 2.18. The summed E-state index contributed by atoms with van der Waals surface area (Å²) in [6, 6.07) is 12.4. The van der Waals surface area contributed by atoms with Crippen LogP contribution in [0.1, 0.15) is 6.92 Å². The minimum atomic E-state index is -0.519. The zero-order valence-corrected chi connectivity index (χ0v) is 12.2. The third-order valence-corrected chi connectivity index (χ3v) is 3.56. The summed E-state index contributed by atoms with van der Waals surface area (Å²) in [4.78, 5) is 21.2. The molecule has 0 aliphatic heterocycles. The Bertz CT molecular complexity index is 846. The third-order valence-electron chi connectivity index (χ3n) is 3.56. The zero-order valence-electron chi connectivity index (χ0n) is 12.2. The fraction of sp³-hybridized carbons (Fsp3) is 0.118. The van der Waals surface area contributed by atoms with Gasteiger partial charge in [-0.05, 0) is 30.3 Å². The van der Waals surface area contributed by atoms with E-state index in [1.807, 2.05) is 30.3 Å². The lowest BCUT2D eigenvalue weighted by atomic mass is 10.1. The van der Waals surface area contributed by atoms with Gasteiger partial charge in [-0.3, -0.25) is 4.79 Å². The van der Waals surface area contributed by atoms with Crippen molar-refractivity contribution in [3.8, 4) is 11.3 Å². The highest BCUT2D eigenvalue weighted by atomic mass is 19.1. The fourth-order valence-corrected chi connectivity index (χ4v) is 2.18. The first-order valence-corrected chi connectivity index (χ1v) is 6.81. The number of halogens is 1. The van der Waals surface area contributed by atoms with E-state index in [2.05, 4.69) is 9.97 Å². The normalized spacial score (nSPS) is 10.7. The Labute approximate surface area is 127 Å². The summed E-state index contributed by atoms with van der Waals surface area (Å²) in [7, 11) is 1.72. The molecule has 3 aromatic rings. The predicted molar refractivity (Wildman–Crippen MR) is 84.0 cm³/mol. The zero-order chi connectivity index (χ0) is 15.7. The molecule has 0 fully saturated rings. The van der Waals surface area contributed by atoms with Crippen LogP contribution in [0.15, 0.2) is 48.7 Å². The van der Waals surface area contributed by atoms with Crippen LogP contribution in [0, 0.1) is 5.95 Å². The van der Waals surface area contributed by atoms with Gasteiger partial charge >= 0.3 is 0 Å². The van der Waals surface area contributed by atoms with Crippen LogP contribution in [0.25, 0.3) is 22.2 Å². The van der Waals surface area contributed by atoms with Gasteiger partial charge in [-0.1, -0.05) is 12.1 Å². The molecule has 22 heavy (non-hydrogen) atoms. The highest BCUT2D eigenvalue weighted by Crippen LogP contribution is 2.24. The summed E-state index contributed by atoms with van der Waals surface area (Å²) in [6.07, 6.45) is 1.45. The number of carbonyl (C=O) groups excluding carboxylic acids is 1. The van der Waals surface area contributed by atoms with Crippen molar-refractivity contribution >= 4 is 22.5 Å². The Hall–Kier alpha value is -2.82. The van der Waals surface area contributed by atoms with Gasteiger partial charge in [0.05, 0.1) is 11.2 Å². The summed E-state index contributed by atoms with van der Waals surface area (Å²) in [5.74, 6) is -0.562. The smallest absolute Gasteiger partial charge is 0.223 e. The third kappa shape index (κ3) is 2.65. The lowest BCUT2D eigenvalue weighted by Gasteiger charge is -2.15. The first kappa shape index (κ1) is 14.1. The van der Waals surface area contributed by atoms with Gasteiger partial charge in [-0.15, -0.1) is 0 Å². The van der Waals surface area contributed by atoms with Crippen LogP contribution in [0.2, 0.25) is 0 Å². The van der Waals surface area contributed by atoms with Crippen molar-refractivity contribution < 1.29 is 9.18 Å². The number of amides is 1. The van der Waals surface area contributed by atoms with E-state index < -0.39 is 5.95 Å². The lowest BCUT2D eigenvalue weighted by molar-refractivity contribution is -0.116. The number of aromatic nitrogens is 2. The van der Waals surface area contributed by atoms with Crippen LogP contribution < -0.4 is 4.90 Å². The first-order valence-electron chi connectivity index (χ1n) is 6.81. The van der Waals surface area contributed by atoms with Gasteiger partial charge in [0.2, 0.25) is 11.9 Å². The summed E-state index contributed by atoms with van der Waals surface area (Å²) in [6.45, 7) is 1.51. The maximum atomic E-state index is 12.9. The van der Waals surface area contributed by atoms with Gasteiger partial charge in [0.25, 0.3) is 0 Å². The molecule has 0 atom stereocenters. The Kier molecular flexibility index (Phi) is 3.55. The molecule has 0 spiro atoms. The molecule has 2 aromatic heterocycles. The lowest BCUT2D eigenvalue weighted by Crippen LogP contribution is -2.22. The van der Waals surface area contributed by atoms with Crippen molar-refractivity contribution in [1.29, 1.82) is 0 Å². The van der Waals surface area contributed by atoms with Gasteiger partial charge in [0.15, 0.2) is 0 Å². The van der Waals surface area contributed by atoms with Crippen molar-refractivity contribution in [1.82, 2.24) is 9.97 Å². The molecule has 3 rings (SSSR count). The van der Waals surface area contributed by atoms with Crippen LogP contribution in [0.5, 0.6) is 0 Å². The van der Waals surface area contributed by atoms with Crippen molar-refractivity contribution in [2.75, 3.05) is 11.9 Å². The summed E-state index contributed by atoms with van der Waals surface area (Å²) in [5, 5.41) is 0.972. The molecular formula is C17H14FN3O. The van der Waals surface area contributed by atoms with E-state index in [0.29, 0.717) is 5.69 Å². The van der Waals surface area contributed by atoms with E-state index in [1.54, 1.807) is 18.0 Å². The molecule has 0 radical (unpaired) electrons. The SMILES string of the molecule is CC(=O)N(C)c1ccc2ccc(-c3ccc(F)nc3)nc2c1. The topological polar surface area (TPSA) is 46.1 Å². The second-order valence-electron chi connectivity index (χ2n) is 5.02. The van der Waals surface area contributed by atoms with Crippen LogP contribution >= 0.6 is 0 Å². The molecule has 0 saturated carbocycles. The van der Waals surface area contributed by atoms with E-state index in [1.165, 1.54) is 19.2 Å². The molecule has 2 heterocycles. The number of pyridine rings is 2. The molecule has 0 bridgehead atoms. The molecule has 4 nitrogen and oxygen atoms in total. The molecule has 0 saturated heterocycles. The Morgan fingerprint density at radius 2 is 1.91 bits per heavy atom. The largest absolute Gasteiger partial charge is 0.316 e. The van der Waals surface area contributed by atoms with Gasteiger partial charge in [0, 0.05) is 36.8 Å². The highest BCUT2D eigenvalue weighted by Gasteiger charge is 2.08. The molecule has 0 aliphatic carbocycles. The first-order chi connectivity index (χ1) is 10.5. The van der Waals surface area contributed by atoms with E-state index in [4.69, 9.17) is 0 Å². The summed E-state index contributed by atoms with van der Waals surface area (Å²) >= 11 is 0. The Morgan fingerprint density at radius 1 is 1.14 bits per heavy atom. The molecule has 5 heteroatoms. The van der Waals surface area contributed by atoms with E-state index in [9.17, 15) is 9.18 Å². The second-order valence-corrected chi connectivity index (χ2v) is 5.02. The van der Waals surface area contributed by atoms with Crippen LogP contribution in [0.3, 0.4) is 0 Å². The number of carbonyl (C=O) groups is 1. The van der Waals surface area contributed by atoms with Crippen molar-refractivity contribution in [3.63, 3.8) is 0 Å². The Balaban J connectivity index is 2.07. The van der Waals surface area contributed by atoms with Gasteiger partial charge in [0.1, 0.15) is 0 Å². The predicted octanol–water partition coefficient (Wildman–Crippen LogP) is 3.42. The number of hydrogen-bond acceptors (Lipinski definition) is 3. The number of hydrogen-bond donors (Lipinski definition) is 0. The van der Waals surface area contributed by atoms with Gasteiger partial charge in [-0.2, -0.15) is 4.39 Å². The number of nitrogens with zero attached hydrogens (tertiary/aromatic N) is 3. The van der Waals surface area contributed by atoms with E-state index >= 15 is 0 Å². The monoisotopic (exact) mass is 295 g/mol. The molecule has 0 N–H and O–H groups in total. The number of anilines is 1. The second kappa shape index (κ2) is 5.52. The van der Waals surface area contributed by atoms with Gasteiger partial charge < -0.3 is 4.90 Å². The number of benzene rings is 1. The molecular weight excluding hydrogens is 281 g/mol. The van der Waals surface area contributed by atoms with Gasteiger partial charge in [-0.25, -0.2) is 9.97 Å².